The van der Waals surface area contributed by atoms with Crippen LogP contribution in [0.25, 0.3) is 10.4 Å². The first-order valence-corrected chi connectivity index (χ1v) is 7.71. The zero-order valence-electron chi connectivity index (χ0n) is 13.2. The van der Waals surface area contributed by atoms with Gasteiger partial charge in [0.2, 0.25) is 0 Å². The summed E-state index contributed by atoms with van der Waals surface area (Å²) in [6, 6.07) is 9.16. The predicted molar refractivity (Wildman–Crippen MR) is 82.4 cm³/mol. The molecule has 0 aromatic heterocycles. The molecule has 2 fully saturated rings. The van der Waals surface area contributed by atoms with E-state index in [2.05, 4.69) is 10.0 Å². The number of rotatable bonds is 5. The van der Waals surface area contributed by atoms with Crippen molar-refractivity contribution in [1.29, 1.82) is 0 Å². The summed E-state index contributed by atoms with van der Waals surface area (Å²) in [7, 11) is 0. The van der Waals surface area contributed by atoms with Crippen LogP contribution in [0.2, 0.25) is 0 Å². The Morgan fingerprint density at radius 2 is 1.96 bits per heavy atom. The fourth-order valence-electron chi connectivity index (χ4n) is 3.33. The Kier molecular flexibility index (Phi) is 4.57. The van der Waals surface area contributed by atoms with E-state index in [1.807, 2.05) is 44.2 Å². The lowest BCUT2D eigenvalue weighted by Gasteiger charge is -2.25. The van der Waals surface area contributed by atoms with Gasteiger partial charge in [-0.15, -0.1) is 0 Å². The van der Waals surface area contributed by atoms with Gasteiger partial charge in [-0.05, 0) is 24.9 Å². The molecule has 1 aliphatic carbocycles. The number of aliphatic hydroxyl groups excluding tert-OH is 1. The molecule has 0 unspecified atom stereocenters. The SMILES string of the molecule is CC1(C)O[C@@H]2[C@@H](COCc3ccccc3)[C@H](O)[C@@H](N=[N+]=[N-])[C@@H]2O1. The number of aliphatic hydroxyl groups is 1. The Labute approximate surface area is 134 Å². The van der Waals surface area contributed by atoms with Crippen molar-refractivity contribution in [1.82, 2.24) is 0 Å². The molecule has 1 aliphatic heterocycles. The first kappa shape index (κ1) is 16.2. The number of nitrogens with zero attached hydrogens (tertiary/aromatic N) is 3. The number of hydrogen-bond acceptors (Lipinski definition) is 5. The molecular weight excluding hydrogens is 298 g/mol. The molecular formula is C16H21N3O4. The molecule has 1 aromatic carbocycles. The highest BCUT2D eigenvalue weighted by Crippen LogP contribution is 2.43. The van der Waals surface area contributed by atoms with Gasteiger partial charge >= 0.3 is 0 Å². The van der Waals surface area contributed by atoms with Crippen LogP contribution in [0.5, 0.6) is 0 Å². The first-order valence-electron chi connectivity index (χ1n) is 7.71. The van der Waals surface area contributed by atoms with E-state index in [1.165, 1.54) is 0 Å². The van der Waals surface area contributed by atoms with Crippen molar-refractivity contribution in [2.24, 2.45) is 11.0 Å². The van der Waals surface area contributed by atoms with Gasteiger partial charge in [0.25, 0.3) is 0 Å². The van der Waals surface area contributed by atoms with Crippen LogP contribution in [-0.2, 0) is 20.8 Å². The van der Waals surface area contributed by atoms with Crippen LogP contribution in [0.1, 0.15) is 19.4 Å². The maximum atomic E-state index is 10.4. The number of fused-ring (bicyclic) bond motifs is 1. The first-order chi connectivity index (χ1) is 11.0. The Morgan fingerprint density at radius 1 is 1.26 bits per heavy atom. The average Bonchev–Trinajstić information content (AvgIpc) is 2.95. The molecule has 0 bridgehead atoms. The summed E-state index contributed by atoms with van der Waals surface area (Å²) in [5.41, 5.74) is 9.79. The number of ether oxygens (including phenoxy) is 3. The number of azide groups is 1. The van der Waals surface area contributed by atoms with E-state index >= 15 is 0 Å². The highest BCUT2D eigenvalue weighted by molar-refractivity contribution is 5.13. The second kappa shape index (κ2) is 6.47. The van der Waals surface area contributed by atoms with Crippen LogP contribution in [0.4, 0.5) is 0 Å². The second-order valence-electron chi connectivity index (χ2n) is 6.42. The van der Waals surface area contributed by atoms with E-state index in [4.69, 9.17) is 19.7 Å². The van der Waals surface area contributed by atoms with Gasteiger partial charge in [0, 0.05) is 10.8 Å². The van der Waals surface area contributed by atoms with Crippen molar-refractivity contribution in [3.05, 3.63) is 46.3 Å². The summed E-state index contributed by atoms with van der Waals surface area (Å²) >= 11 is 0. The van der Waals surface area contributed by atoms with Gasteiger partial charge in [-0.1, -0.05) is 35.4 Å². The standard InChI is InChI=1S/C16H21N3O4/c1-16(2)22-14-11(9-21-8-10-6-4-3-5-7-10)13(20)12(18-19-17)15(14)23-16/h3-7,11-15,20H,8-9H2,1-2H3/t11-,12+,13-,14+,15-/m0/s1. The molecule has 0 spiro atoms. The van der Waals surface area contributed by atoms with Crippen LogP contribution in [-0.4, -0.2) is 41.9 Å². The van der Waals surface area contributed by atoms with Crippen LogP contribution in [0, 0.1) is 5.92 Å². The Morgan fingerprint density at radius 3 is 2.65 bits per heavy atom. The minimum absolute atomic E-state index is 0.291. The summed E-state index contributed by atoms with van der Waals surface area (Å²) in [6.07, 6.45) is -1.62. The minimum atomic E-state index is -0.840. The quantitative estimate of drug-likeness (QED) is 0.512. The lowest BCUT2D eigenvalue weighted by atomic mass is 10.0. The summed E-state index contributed by atoms with van der Waals surface area (Å²) in [5.74, 6) is -1.04. The summed E-state index contributed by atoms with van der Waals surface area (Å²) in [6.45, 7) is 4.39. The Hall–Kier alpha value is -1.63. The van der Waals surface area contributed by atoms with Crippen LogP contribution in [0.3, 0.4) is 0 Å². The molecule has 0 amide bonds. The zero-order valence-corrected chi connectivity index (χ0v) is 13.2. The molecule has 1 aromatic rings. The van der Waals surface area contributed by atoms with Crippen molar-refractivity contribution in [2.45, 2.75) is 50.6 Å². The molecule has 0 radical (unpaired) electrons. The van der Waals surface area contributed by atoms with Gasteiger partial charge in [-0.25, -0.2) is 0 Å². The van der Waals surface area contributed by atoms with Gasteiger partial charge in [0.15, 0.2) is 5.79 Å². The van der Waals surface area contributed by atoms with Gasteiger partial charge in [0.1, 0.15) is 0 Å². The third-order valence-electron chi connectivity index (χ3n) is 4.32. The molecule has 23 heavy (non-hydrogen) atoms. The third-order valence-corrected chi connectivity index (χ3v) is 4.32. The van der Waals surface area contributed by atoms with E-state index in [1.54, 1.807) is 0 Å². The maximum Gasteiger partial charge on any atom is 0.163 e. The van der Waals surface area contributed by atoms with Crippen LogP contribution < -0.4 is 0 Å². The molecule has 1 saturated carbocycles. The fraction of sp³-hybridized carbons (Fsp3) is 0.625. The van der Waals surface area contributed by atoms with Crippen molar-refractivity contribution in [3.63, 3.8) is 0 Å². The maximum absolute atomic E-state index is 10.4. The van der Waals surface area contributed by atoms with E-state index < -0.39 is 24.0 Å². The van der Waals surface area contributed by atoms with Gasteiger partial charge in [-0.2, -0.15) is 0 Å². The number of hydrogen-bond donors (Lipinski definition) is 1. The van der Waals surface area contributed by atoms with E-state index in [0.29, 0.717) is 13.2 Å². The molecule has 1 saturated heterocycles. The number of benzene rings is 1. The van der Waals surface area contributed by atoms with Gasteiger partial charge in [0.05, 0.1) is 37.6 Å². The third kappa shape index (κ3) is 3.34. The average molecular weight is 319 g/mol. The molecule has 2 aliphatic rings. The lowest BCUT2D eigenvalue weighted by molar-refractivity contribution is -0.170. The highest BCUT2D eigenvalue weighted by atomic mass is 16.8. The topological polar surface area (TPSA) is 96.7 Å². The highest BCUT2D eigenvalue weighted by Gasteiger charge is 2.58. The minimum Gasteiger partial charge on any atom is -0.392 e. The monoisotopic (exact) mass is 319 g/mol. The van der Waals surface area contributed by atoms with Crippen molar-refractivity contribution in [3.8, 4) is 0 Å². The lowest BCUT2D eigenvalue weighted by Crippen LogP contribution is -2.36. The van der Waals surface area contributed by atoms with E-state index in [0.717, 1.165) is 5.56 Å². The fourth-order valence-corrected chi connectivity index (χ4v) is 3.33. The summed E-state index contributed by atoms with van der Waals surface area (Å²) in [5, 5.41) is 14.1. The summed E-state index contributed by atoms with van der Waals surface area (Å²) in [4.78, 5) is 2.83. The molecule has 1 N–H and O–H groups in total. The second-order valence-corrected chi connectivity index (χ2v) is 6.42. The normalized spacial score (nSPS) is 34.8. The summed E-state index contributed by atoms with van der Waals surface area (Å²) < 4.78 is 17.4. The van der Waals surface area contributed by atoms with Gasteiger partial charge in [-0.3, -0.25) is 0 Å². The van der Waals surface area contributed by atoms with Crippen LogP contribution in [0.15, 0.2) is 35.4 Å². The van der Waals surface area contributed by atoms with Crippen molar-refractivity contribution in [2.75, 3.05) is 6.61 Å². The molecule has 7 heteroatoms. The van der Waals surface area contributed by atoms with E-state index in [9.17, 15) is 5.11 Å². The van der Waals surface area contributed by atoms with Gasteiger partial charge < -0.3 is 19.3 Å². The molecule has 1 heterocycles. The molecule has 124 valence electrons. The smallest absolute Gasteiger partial charge is 0.163 e. The largest absolute Gasteiger partial charge is 0.392 e. The molecule has 7 nitrogen and oxygen atoms in total. The Bertz CT molecular complexity index is 588. The van der Waals surface area contributed by atoms with Crippen molar-refractivity contribution < 1.29 is 19.3 Å². The van der Waals surface area contributed by atoms with Crippen molar-refractivity contribution >= 4 is 0 Å². The molecule has 5 atom stereocenters. The zero-order chi connectivity index (χ0) is 16.4. The Balaban J connectivity index is 1.66. The van der Waals surface area contributed by atoms with E-state index in [-0.39, 0.29) is 12.0 Å². The van der Waals surface area contributed by atoms with Crippen LogP contribution >= 0.6 is 0 Å². The molecule has 3 rings (SSSR count). The predicted octanol–water partition coefficient (Wildman–Crippen LogP) is 2.39.